The van der Waals surface area contributed by atoms with E-state index in [0.717, 1.165) is 53.2 Å². The maximum Gasteiger partial charge on any atom is 0.349 e. The lowest BCUT2D eigenvalue weighted by molar-refractivity contribution is -0.145. The number of amides is 1. The highest BCUT2D eigenvalue weighted by Gasteiger charge is 2.27. The Kier molecular flexibility index (Phi) is 14.8. The minimum Gasteiger partial charge on any atom is -0.497 e. The third-order valence-corrected chi connectivity index (χ3v) is 9.63. The van der Waals surface area contributed by atoms with Crippen LogP contribution in [0.3, 0.4) is 0 Å². The zero-order valence-electron chi connectivity index (χ0n) is 32.2. The molecule has 4 aromatic carbocycles. The second kappa shape index (κ2) is 19.3. The lowest BCUT2D eigenvalue weighted by Crippen LogP contribution is -2.44. The van der Waals surface area contributed by atoms with Crippen LogP contribution in [-0.4, -0.2) is 91.8 Å². The highest BCUT2D eigenvalue weighted by Crippen LogP contribution is 2.30. The number of benzene rings is 4. The summed E-state index contributed by atoms with van der Waals surface area (Å²) in [4.78, 5) is 51.8. The Balaban J connectivity index is 0.000000258. The van der Waals surface area contributed by atoms with Gasteiger partial charge in [0.05, 0.1) is 25.3 Å². The molecule has 2 N–H and O–H groups in total. The van der Waals surface area contributed by atoms with Gasteiger partial charge >= 0.3 is 17.9 Å². The molecule has 0 spiro atoms. The number of carboxylic acid groups (broad SMARTS) is 1. The van der Waals surface area contributed by atoms with Crippen molar-refractivity contribution in [3.63, 3.8) is 0 Å². The molecule has 1 aliphatic heterocycles. The van der Waals surface area contributed by atoms with Crippen LogP contribution in [0.4, 0.5) is 0 Å². The number of aryl methyl sites for hydroxylation is 2. The first kappa shape index (κ1) is 42.4. The molecule has 0 bridgehead atoms. The summed E-state index contributed by atoms with van der Waals surface area (Å²) in [5.74, 6) is -1.91. The molecule has 55 heavy (non-hydrogen) atoms. The molecule has 0 saturated carbocycles. The maximum atomic E-state index is 13.1. The van der Waals surface area contributed by atoms with Crippen LogP contribution in [0, 0.1) is 13.8 Å². The van der Waals surface area contributed by atoms with E-state index < -0.39 is 30.1 Å². The van der Waals surface area contributed by atoms with Gasteiger partial charge in [-0.05, 0) is 115 Å². The van der Waals surface area contributed by atoms with Crippen molar-refractivity contribution in [2.75, 3.05) is 40.4 Å². The quantitative estimate of drug-likeness (QED) is 0.0802. The van der Waals surface area contributed by atoms with Gasteiger partial charge in [0.1, 0.15) is 11.5 Å². The molecule has 11 nitrogen and oxygen atoms in total. The maximum absolute atomic E-state index is 13.1. The van der Waals surface area contributed by atoms with Crippen molar-refractivity contribution in [1.29, 1.82) is 0 Å². The number of carboxylic acids is 1. The van der Waals surface area contributed by atoms with Gasteiger partial charge in [0.2, 0.25) is 12.2 Å². The number of alkyl halides is 1. The average Bonchev–Trinajstić information content (AvgIpc) is 3.15. The number of nitrogens with zero attached hydrogens (tertiary/aromatic N) is 1. The van der Waals surface area contributed by atoms with Crippen molar-refractivity contribution in [2.45, 2.75) is 58.1 Å². The summed E-state index contributed by atoms with van der Waals surface area (Å²) in [6.45, 7) is 17.4. The Hall–Kier alpha value is -5.39. The molecule has 292 valence electrons. The molecule has 1 heterocycles. The smallest absolute Gasteiger partial charge is 0.349 e. The minimum atomic E-state index is -1.38. The normalized spacial score (nSPS) is 15.1. The van der Waals surface area contributed by atoms with Gasteiger partial charge in [0, 0.05) is 25.0 Å². The van der Waals surface area contributed by atoms with Crippen LogP contribution in [0.25, 0.3) is 21.5 Å². The molecular formula is C43H49ClN2O9. The third-order valence-electron chi connectivity index (χ3n) is 9.27. The van der Waals surface area contributed by atoms with Crippen molar-refractivity contribution in [3.8, 4) is 11.5 Å². The Morgan fingerprint density at radius 1 is 0.818 bits per heavy atom. The average molecular weight is 773 g/mol. The van der Waals surface area contributed by atoms with Crippen LogP contribution < -0.4 is 14.8 Å². The summed E-state index contributed by atoms with van der Waals surface area (Å²) in [5.41, 5.74) is 3.30. The van der Waals surface area contributed by atoms with Gasteiger partial charge in [-0.15, -0.1) is 11.6 Å². The predicted octanol–water partition coefficient (Wildman–Crippen LogP) is 7.42. The Morgan fingerprint density at radius 2 is 1.31 bits per heavy atom. The summed E-state index contributed by atoms with van der Waals surface area (Å²) >= 11 is 6.23. The number of methoxy groups -OCH3 is 2. The largest absolute Gasteiger partial charge is 0.497 e. The molecular weight excluding hydrogens is 724 g/mol. The molecule has 1 unspecified atom stereocenters. The lowest BCUT2D eigenvalue weighted by Gasteiger charge is -2.29. The van der Waals surface area contributed by atoms with Gasteiger partial charge in [0.15, 0.2) is 0 Å². The third kappa shape index (κ3) is 10.9. The number of likely N-dealkylation sites (tertiary alicyclic amines) is 1. The van der Waals surface area contributed by atoms with Gasteiger partial charge in [0.25, 0.3) is 5.91 Å². The van der Waals surface area contributed by atoms with Crippen molar-refractivity contribution in [2.24, 2.45) is 0 Å². The number of halogens is 1. The Labute approximate surface area is 326 Å². The predicted molar refractivity (Wildman–Crippen MR) is 214 cm³/mol. The molecule has 1 fully saturated rings. The Bertz CT molecular complexity index is 2080. The van der Waals surface area contributed by atoms with Gasteiger partial charge in [-0.25, -0.2) is 14.4 Å². The zero-order valence-corrected chi connectivity index (χ0v) is 33.0. The van der Waals surface area contributed by atoms with Gasteiger partial charge in [-0.1, -0.05) is 49.6 Å². The monoisotopic (exact) mass is 772 g/mol. The standard InChI is InChI=1S/C25H31ClN2O4.C18H18O5/c1-16(2)23(24(29)27-10-12-28-11-6-8-18(26)15-28)32-25(30)22-14-19(31-4)13-21-17(3)7-5-9-20(21)22;1-10(2)16(17(19)20)23-18(21)15-9-12(22-4)8-14-11(3)6-5-7-13(14)15/h5,7,9,13-14,18,23H,1,6,8,10-12,15H2,2-4H3,(H,27,29);5-9,16H,1H2,2-4H3,(H,19,20)/t18?,23-;16-/m00/s1. The van der Waals surface area contributed by atoms with Crippen LogP contribution in [-0.2, 0) is 19.1 Å². The summed E-state index contributed by atoms with van der Waals surface area (Å²) in [6.07, 6.45) is -0.372. The Morgan fingerprint density at radius 3 is 1.75 bits per heavy atom. The molecule has 4 aromatic rings. The number of piperidine rings is 1. The SMILES string of the molecule is C=C(C)[C@H](OC(=O)c1cc(OC)cc2c(C)cccc12)C(=O)NCCN1CCCC(Cl)C1.C=C(C)[C@H](OC(=O)c1cc(OC)cc2c(C)cccc12)C(=O)O. The topological polar surface area (TPSA) is 141 Å². The van der Waals surface area contributed by atoms with Crippen molar-refractivity contribution in [3.05, 3.63) is 107 Å². The fourth-order valence-corrected chi connectivity index (χ4v) is 6.66. The molecule has 5 rings (SSSR count). The van der Waals surface area contributed by atoms with E-state index in [1.54, 1.807) is 32.2 Å². The van der Waals surface area contributed by atoms with E-state index in [1.807, 2.05) is 56.3 Å². The summed E-state index contributed by atoms with van der Waals surface area (Å²) in [6, 6.07) is 18.1. The van der Waals surface area contributed by atoms with E-state index in [2.05, 4.69) is 23.4 Å². The van der Waals surface area contributed by atoms with Crippen LogP contribution in [0.1, 0.15) is 58.5 Å². The second-order valence-electron chi connectivity index (χ2n) is 13.6. The first-order valence-electron chi connectivity index (χ1n) is 17.9. The van der Waals surface area contributed by atoms with Crippen LogP contribution >= 0.6 is 11.6 Å². The van der Waals surface area contributed by atoms with E-state index in [9.17, 15) is 19.2 Å². The molecule has 0 radical (unpaired) electrons. The fraction of sp³-hybridized carbons (Fsp3) is 0.349. The number of aliphatic carboxylic acids is 1. The van der Waals surface area contributed by atoms with E-state index in [-0.39, 0.29) is 22.4 Å². The van der Waals surface area contributed by atoms with Crippen molar-refractivity contribution in [1.82, 2.24) is 10.2 Å². The highest BCUT2D eigenvalue weighted by atomic mass is 35.5. The van der Waals surface area contributed by atoms with Crippen LogP contribution in [0.5, 0.6) is 11.5 Å². The number of esters is 2. The molecule has 12 heteroatoms. The van der Waals surface area contributed by atoms with Crippen LogP contribution in [0.15, 0.2) is 85.0 Å². The number of rotatable bonds is 13. The first-order valence-corrected chi connectivity index (χ1v) is 18.3. The summed E-state index contributed by atoms with van der Waals surface area (Å²) < 4.78 is 21.3. The molecule has 1 aliphatic rings. The molecule has 0 aromatic heterocycles. The van der Waals surface area contributed by atoms with Crippen molar-refractivity contribution < 1.29 is 43.2 Å². The molecule has 1 amide bonds. The number of nitrogens with one attached hydrogen (secondary N) is 1. The number of carbonyl (C=O) groups excluding carboxylic acids is 3. The lowest BCUT2D eigenvalue weighted by atomic mass is 10.00. The number of hydrogen-bond donors (Lipinski definition) is 2. The summed E-state index contributed by atoms with van der Waals surface area (Å²) in [7, 11) is 3.05. The molecule has 0 aliphatic carbocycles. The highest BCUT2D eigenvalue weighted by molar-refractivity contribution is 6.20. The second-order valence-corrected chi connectivity index (χ2v) is 14.2. The van der Waals surface area contributed by atoms with E-state index in [1.165, 1.54) is 14.0 Å². The zero-order chi connectivity index (χ0) is 40.4. The number of carbonyl (C=O) groups is 4. The number of fused-ring (bicyclic) bond motifs is 2. The number of hydrogen-bond acceptors (Lipinski definition) is 9. The fourth-order valence-electron chi connectivity index (χ4n) is 6.31. The number of ether oxygens (including phenoxy) is 4. The van der Waals surface area contributed by atoms with Crippen LogP contribution in [0.2, 0.25) is 0 Å². The van der Waals surface area contributed by atoms with Gasteiger partial charge in [-0.3, -0.25) is 4.79 Å². The van der Waals surface area contributed by atoms with Gasteiger partial charge < -0.3 is 34.3 Å². The first-order chi connectivity index (χ1) is 26.1. The van der Waals surface area contributed by atoms with E-state index in [4.69, 9.17) is 35.7 Å². The molecule has 3 atom stereocenters. The van der Waals surface area contributed by atoms with E-state index >= 15 is 0 Å². The van der Waals surface area contributed by atoms with Gasteiger partial charge in [-0.2, -0.15) is 0 Å². The summed E-state index contributed by atoms with van der Waals surface area (Å²) in [5, 5.41) is 15.3. The van der Waals surface area contributed by atoms with Crippen molar-refractivity contribution >= 4 is 57.0 Å². The van der Waals surface area contributed by atoms with E-state index in [0.29, 0.717) is 41.1 Å². The molecule has 1 saturated heterocycles. The minimum absolute atomic E-state index is 0.157.